The molecule has 43 heavy (non-hydrogen) atoms. The number of furan rings is 1. The van der Waals surface area contributed by atoms with Gasteiger partial charge in [-0.3, -0.25) is 0 Å². The standard InChI is InChI=1S/C42H26O/c1-2-13-27(14-3-1)29-25-37(42-36-22-10-11-24-38(36)43-39(42)26-29)41-34-20-8-6-18-32(34)40(33-19-7-9-21-35(33)41)31-23-12-16-28-15-4-5-17-30(28)31/h1-26H/i10D,11D,22D,24D,25D,26D. The molecular formula is C42H26O. The first kappa shape index (κ1) is 18.7. The average Bonchev–Trinajstić information content (AvgIpc) is 3.54. The SMILES string of the molecule is [2H]c1c([2H])c([2H])c2c(oc3c([2H])c(-c4ccccc4)c([2H])c(-c4c5ccccc5c(-c5cccc6ccccc56)c5ccccc45)c32)c1[2H]. The maximum Gasteiger partial charge on any atom is 0.136 e. The fraction of sp³-hybridized carbons (Fsp3) is 0. The van der Waals surface area contributed by atoms with Crippen LogP contribution in [0.15, 0.2) is 162 Å². The summed E-state index contributed by atoms with van der Waals surface area (Å²) in [4.78, 5) is 0. The Hall–Kier alpha value is -5.66. The minimum Gasteiger partial charge on any atom is -0.456 e. The van der Waals surface area contributed by atoms with Crippen molar-refractivity contribution in [3.05, 3.63) is 158 Å². The summed E-state index contributed by atoms with van der Waals surface area (Å²) in [6.07, 6.45) is 0. The Kier molecular flexibility index (Phi) is 4.11. The number of rotatable bonds is 3. The fourth-order valence-corrected chi connectivity index (χ4v) is 6.55. The first-order valence-electron chi connectivity index (χ1n) is 17.3. The maximum atomic E-state index is 9.90. The van der Waals surface area contributed by atoms with Gasteiger partial charge in [0, 0.05) is 10.8 Å². The summed E-state index contributed by atoms with van der Waals surface area (Å²) in [7, 11) is 0. The van der Waals surface area contributed by atoms with Gasteiger partial charge < -0.3 is 4.42 Å². The summed E-state index contributed by atoms with van der Waals surface area (Å²) in [6.45, 7) is 0. The molecule has 0 unspecified atom stereocenters. The molecule has 8 aromatic carbocycles. The summed E-state index contributed by atoms with van der Waals surface area (Å²) >= 11 is 0. The van der Waals surface area contributed by atoms with Crippen molar-refractivity contribution in [2.45, 2.75) is 0 Å². The normalized spacial score (nSPS) is 13.7. The van der Waals surface area contributed by atoms with Crippen molar-refractivity contribution >= 4 is 54.3 Å². The van der Waals surface area contributed by atoms with E-state index in [9.17, 15) is 2.74 Å². The van der Waals surface area contributed by atoms with E-state index in [4.69, 9.17) is 9.90 Å². The summed E-state index contributed by atoms with van der Waals surface area (Å²) in [6, 6.07) is 38.9. The predicted octanol–water partition coefficient (Wildman–Crippen LogP) is 12.0. The third-order valence-electron chi connectivity index (χ3n) is 8.38. The van der Waals surface area contributed by atoms with Crippen LogP contribution in [-0.2, 0) is 0 Å². The van der Waals surface area contributed by atoms with Crippen LogP contribution in [0.1, 0.15) is 8.22 Å². The van der Waals surface area contributed by atoms with Gasteiger partial charge >= 0.3 is 0 Å². The lowest BCUT2D eigenvalue weighted by Gasteiger charge is -2.19. The highest BCUT2D eigenvalue weighted by Crippen LogP contribution is 2.48. The van der Waals surface area contributed by atoms with Crippen molar-refractivity contribution in [1.82, 2.24) is 0 Å². The molecule has 1 aromatic heterocycles. The van der Waals surface area contributed by atoms with Gasteiger partial charge in [-0.2, -0.15) is 0 Å². The number of fused-ring (bicyclic) bond motifs is 6. The van der Waals surface area contributed by atoms with Crippen LogP contribution in [-0.4, -0.2) is 0 Å². The zero-order chi connectivity index (χ0) is 33.6. The van der Waals surface area contributed by atoms with E-state index in [1.165, 1.54) is 0 Å². The van der Waals surface area contributed by atoms with E-state index in [1.54, 1.807) is 0 Å². The third-order valence-corrected chi connectivity index (χ3v) is 8.38. The molecule has 0 saturated heterocycles. The molecule has 200 valence electrons. The third kappa shape index (κ3) is 3.65. The minimum absolute atomic E-state index is 0.0265. The Morgan fingerprint density at radius 1 is 0.419 bits per heavy atom. The largest absolute Gasteiger partial charge is 0.456 e. The molecule has 0 atom stereocenters. The second-order valence-electron chi connectivity index (χ2n) is 10.7. The monoisotopic (exact) mass is 552 g/mol. The summed E-state index contributed by atoms with van der Waals surface area (Å²) in [5, 5.41) is 6.48. The molecule has 0 aliphatic rings. The zero-order valence-corrected chi connectivity index (χ0v) is 23.0. The van der Waals surface area contributed by atoms with Crippen LogP contribution in [0.25, 0.3) is 87.6 Å². The molecule has 0 aliphatic carbocycles. The van der Waals surface area contributed by atoms with Crippen LogP contribution in [0.4, 0.5) is 0 Å². The fourth-order valence-electron chi connectivity index (χ4n) is 6.55. The van der Waals surface area contributed by atoms with E-state index in [0.717, 1.165) is 49.0 Å². The average molecular weight is 553 g/mol. The van der Waals surface area contributed by atoms with Gasteiger partial charge in [0.2, 0.25) is 0 Å². The van der Waals surface area contributed by atoms with Crippen molar-refractivity contribution in [3.8, 4) is 33.4 Å². The molecule has 0 aliphatic heterocycles. The second kappa shape index (κ2) is 9.44. The first-order valence-corrected chi connectivity index (χ1v) is 14.3. The molecular weight excluding hydrogens is 520 g/mol. The first-order chi connectivity index (χ1) is 23.9. The van der Waals surface area contributed by atoms with Gasteiger partial charge in [-0.1, -0.05) is 139 Å². The molecule has 0 saturated carbocycles. The lowest BCUT2D eigenvalue weighted by atomic mass is 9.83. The van der Waals surface area contributed by atoms with Gasteiger partial charge in [-0.25, -0.2) is 0 Å². The van der Waals surface area contributed by atoms with Crippen LogP contribution in [0, 0.1) is 0 Å². The van der Waals surface area contributed by atoms with Gasteiger partial charge in [0.1, 0.15) is 11.2 Å². The van der Waals surface area contributed by atoms with Crippen LogP contribution in [0.5, 0.6) is 0 Å². The molecule has 1 heterocycles. The van der Waals surface area contributed by atoms with Gasteiger partial charge in [0.05, 0.1) is 8.22 Å². The Balaban J connectivity index is 1.55. The molecule has 0 amide bonds. The summed E-state index contributed by atoms with van der Waals surface area (Å²) < 4.78 is 60.3. The molecule has 0 radical (unpaired) electrons. The van der Waals surface area contributed by atoms with Crippen molar-refractivity contribution in [3.63, 3.8) is 0 Å². The molecule has 0 spiro atoms. The van der Waals surface area contributed by atoms with Gasteiger partial charge in [0.15, 0.2) is 0 Å². The van der Waals surface area contributed by atoms with Crippen molar-refractivity contribution < 1.29 is 12.6 Å². The molecule has 1 heteroatoms. The Bertz CT molecular complexity index is 2780. The van der Waals surface area contributed by atoms with Crippen LogP contribution >= 0.6 is 0 Å². The highest BCUT2D eigenvalue weighted by Gasteiger charge is 2.22. The Labute approximate surface area is 257 Å². The van der Waals surface area contributed by atoms with Crippen LogP contribution < -0.4 is 0 Å². The number of benzene rings is 8. The van der Waals surface area contributed by atoms with Gasteiger partial charge in [-0.15, -0.1) is 0 Å². The van der Waals surface area contributed by atoms with E-state index in [0.29, 0.717) is 22.1 Å². The lowest BCUT2D eigenvalue weighted by Crippen LogP contribution is -1.92. The Morgan fingerprint density at radius 3 is 1.72 bits per heavy atom. The predicted molar refractivity (Wildman–Crippen MR) is 183 cm³/mol. The molecule has 9 aromatic rings. The van der Waals surface area contributed by atoms with Gasteiger partial charge in [-0.05, 0) is 83.8 Å². The van der Waals surface area contributed by atoms with Crippen molar-refractivity contribution in [1.29, 1.82) is 0 Å². The molecule has 0 N–H and O–H groups in total. The van der Waals surface area contributed by atoms with E-state index in [1.807, 2.05) is 78.9 Å². The smallest absolute Gasteiger partial charge is 0.136 e. The molecule has 0 fully saturated rings. The summed E-state index contributed by atoms with van der Waals surface area (Å²) in [5.74, 6) is 0. The van der Waals surface area contributed by atoms with E-state index in [2.05, 4.69) is 42.5 Å². The summed E-state index contributed by atoms with van der Waals surface area (Å²) in [5.41, 5.74) is 4.49. The van der Waals surface area contributed by atoms with Crippen molar-refractivity contribution in [2.24, 2.45) is 0 Å². The molecule has 9 rings (SSSR count). The Morgan fingerprint density at radius 2 is 1.00 bits per heavy atom. The second-order valence-corrected chi connectivity index (χ2v) is 10.7. The number of hydrogen-bond acceptors (Lipinski definition) is 1. The van der Waals surface area contributed by atoms with E-state index >= 15 is 0 Å². The molecule has 1 nitrogen and oxygen atoms in total. The van der Waals surface area contributed by atoms with E-state index in [-0.39, 0.29) is 40.7 Å². The maximum absolute atomic E-state index is 9.90. The number of hydrogen-bond donors (Lipinski definition) is 0. The van der Waals surface area contributed by atoms with Crippen LogP contribution in [0.3, 0.4) is 0 Å². The zero-order valence-electron chi connectivity index (χ0n) is 29.0. The lowest BCUT2D eigenvalue weighted by molar-refractivity contribution is 0.669. The molecule has 0 bridgehead atoms. The topological polar surface area (TPSA) is 13.1 Å². The van der Waals surface area contributed by atoms with E-state index < -0.39 is 12.1 Å². The minimum atomic E-state index is -0.408. The highest BCUT2D eigenvalue weighted by atomic mass is 16.3. The highest BCUT2D eigenvalue weighted by molar-refractivity contribution is 6.27. The quantitative estimate of drug-likeness (QED) is 0.199. The van der Waals surface area contributed by atoms with Crippen molar-refractivity contribution in [2.75, 3.05) is 0 Å². The van der Waals surface area contributed by atoms with Crippen LogP contribution in [0.2, 0.25) is 0 Å². The number of para-hydroxylation sites is 1. The van der Waals surface area contributed by atoms with Gasteiger partial charge in [0.25, 0.3) is 0 Å².